The second-order valence-electron chi connectivity index (χ2n) is 5.69. The van der Waals surface area contributed by atoms with Crippen LogP contribution in [0.4, 0.5) is 0 Å². The standard InChI is InChI=1S/C17H24N2/c1-2-11-19(13-16-5-3-4-6-16)14-17-9-7-15(12-18)8-10-17/h7-10,16H,2-6,11,13-14H2,1H3. The van der Waals surface area contributed by atoms with Gasteiger partial charge in [0.05, 0.1) is 11.6 Å². The second kappa shape index (κ2) is 7.31. The maximum Gasteiger partial charge on any atom is 0.0991 e. The number of nitrogens with zero attached hydrogens (tertiary/aromatic N) is 2. The van der Waals surface area contributed by atoms with Gasteiger partial charge in [0, 0.05) is 13.1 Å². The van der Waals surface area contributed by atoms with Crippen molar-refractivity contribution in [3.63, 3.8) is 0 Å². The molecule has 1 aliphatic carbocycles. The summed E-state index contributed by atoms with van der Waals surface area (Å²) in [6.45, 7) is 5.70. The fourth-order valence-corrected chi connectivity index (χ4v) is 3.05. The molecule has 1 aliphatic rings. The summed E-state index contributed by atoms with van der Waals surface area (Å²) in [4.78, 5) is 2.58. The molecule has 0 heterocycles. The Labute approximate surface area is 117 Å². The van der Waals surface area contributed by atoms with Crippen LogP contribution in [0, 0.1) is 17.2 Å². The Morgan fingerprint density at radius 2 is 1.89 bits per heavy atom. The van der Waals surface area contributed by atoms with E-state index < -0.39 is 0 Å². The van der Waals surface area contributed by atoms with Crippen LogP contribution in [-0.4, -0.2) is 18.0 Å². The molecule has 0 radical (unpaired) electrons. The molecule has 0 saturated heterocycles. The van der Waals surface area contributed by atoms with Crippen LogP contribution in [0.3, 0.4) is 0 Å². The van der Waals surface area contributed by atoms with E-state index in [1.54, 1.807) is 0 Å². The summed E-state index contributed by atoms with van der Waals surface area (Å²) in [6, 6.07) is 10.2. The Balaban J connectivity index is 1.92. The van der Waals surface area contributed by atoms with E-state index in [1.807, 2.05) is 12.1 Å². The zero-order chi connectivity index (χ0) is 13.5. The highest BCUT2D eigenvalue weighted by atomic mass is 15.1. The molecule has 102 valence electrons. The van der Waals surface area contributed by atoms with Gasteiger partial charge in [-0.05, 0) is 49.4 Å². The van der Waals surface area contributed by atoms with Crippen LogP contribution in [0.1, 0.15) is 50.2 Å². The zero-order valence-electron chi connectivity index (χ0n) is 11.9. The van der Waals surface area contributed by atoms with E-state index in [2.05, 4.69) is 30.0 Å². The first-order valence-electron chi connectivity index (χ1n) is 7.53. The van der Waals surface area contributed by atoms with Crippen LogP contribution >= 0.6 is 0 Å². The zero-order valence-corrected chi connectivity index (χ0v) is 11.9. The minimum Gasteiger partial charge on any atom is -0.299 e. The summed E-state index contributed by atoms with van der Waals surface area (Å²) in [5.41, 5.74) is 2.08. The van der Waals surface area contributed by atoms with E-state index >= 15 is 0 Å². The van der Waals surface area contributed by atoms with Crippen LogP contribution in [0.25, 0.3) is 0 Å². The average molecular weight is 256 g/mol. The van der Waals surface area contributed by atoms with Gasteiger partial charge in [-0.25, -0.2) is 0 Å². The van der Waals surface area contributed by atoms with Crippen molar-refractivity contribution in [2.45, 2.75) is 45.6 Å². The monoisotopic (exact) mass is 256 g/mol. The largest absolute Gasteiger partial charge is 0.299 e. The number of nitriles is 1. The smallest absolute Gasteiger partial charge is 0.0991 e. The molecule has 0 amide bonds. The van der Waals surface area contributed by atoms with E-state index in [9.17, 15) is 0 Å². The third kappa shape index (κ3) is 4.36. The molecule has 0 unspecified atom stereocenters. The molecule has 2 rings (SSSR count). The van der Waals surface area contributed by atoms with Crippen LogP contribution < -0.4 is 0 Å². The van der Waals surface area contributed by atoms with Crippen molar-refractivity contribution in [2.75, 3.05) is 13.1 Å². The van der Waals surface area contributed by atoms with Gasteiger partial charge in [0.1, 0.15) is 0 Å². The van der Waals surface area contributed by atoms with Crippen molar-refractivity contribution in [3.8, 4) is 6.07 Å². The van der Waals surface area contributed by atoms with E-state index in [0.717, 1.165) is 18.0 Å². The first kappa shape index (κ1) is 14.1. The Bertz CT molecular complexity index is 410. The third-order valence-corrected chi connectivity index (χ3v) is 4.02. The van der Waals surface area contributed by atoms with Gasteiger partial charge >= 0.3 is 0 Å². The molecule has 0 aromatic heterocycles. The number of hydrogen-bond donors (Lipinski definition) is 0. The molecule has 0 atom stereocenters. The SMILES string of the molecule is CCCN(Cc1ccc(C#N)cc1)CC1CCCC1. The normalized spacial score (nSPS) is 15.8. The highest BCUT2D eigenvalue weighted by Crippen LogP contribution is 2.26. The van der Waals surface area contributed by atoms with Crippen LogP contribution in [0.2, 0.25) is 0 Å². The van der Waals surface area contributed by atoms with Crippen LogP contribution in [0.15, 0.2) is 24.3 Å². The average Bonchev–Trinajstić information content (AvgIpc) is 2.93. The van der Waals surface area contributed by atoms with E-state index in [-0.39, 0.29) is 0 Å². The van der Waals surface area contributed by atoms with Gasteiger partial charge in [-0.3, -0.25) is 4.90 Å². The maximum absolute atomic E-state index is 8.82. The molecule has 1 saturated carbocycles. The maximum atomic E-state index is 8.82. The predicted molar refractivity (Wildman–Crippen MR) is 78.7 cm³/mol. The lowest BCUT2D eigenvalue weighted by atomic mass is 10.1. The number of hydrogen-bond acceptors (Lipinski definition) is 2. The fourth-order valence-electron chi connectivity index (χ4n) is 3.05. The minimum atomic E-state index is 0.751. The lowest BCUT2D eigenvalue weighted by Gasteiger charge is -2.25. The molecule has 2 nitrogen and oxygen atoms in total. The highest BCUT2D eigenvalue weighted by molar-refractivity contribution is 5.31. The molecule has 0 N–H and O–H groups in total. The molecule has 0 spiro atoms. The molecular weight excluding hydrogens is 232 g/mol. The minimum absolute atomic E-state index is 0.751. The van der Waals surface area contributed by atoms with Gasteiger partial charge < -0.3 is 0 Å². The second-order valence-corrected chi connectivity index (χ2v) is 5.69. The lowest BCUT2D eigenvalue weighted by molar-refractivity contribution is 0.224. The predicted octanol–water partition coefficient (Wildman–Crippen LogP) is 3.96. The van der Waals surface area contributed by atoms with Crippen molar-refractivity contribution < 1.29 is 0 Å². The molecule has 1 aromatic rings. The molecule has 0 aliphatic heterocycles. The Hall–Kier alpha value is -1.33. The molecule has 1 aromatic carbocycles. The Morgan fingerprint density at radius 3 is 2.47 bits per heavy atom. The summed E-state index contributed by atoms with van der Waals surface area (Å²) in [7, 11) is 0. The van der Waals surface area contributed by atoms with Crippen molar-refractivity contribution in [1.29, 1.82) is 5.26 Å². The van der Waals surface area contributed by atoms with Crippen LogP contribution in [-0.2, 0) is 6.54 Å². The van der Waals surface area contributed by atoms with E-state index in [1.165, 1.54) is 50.8 Å². The summed E-state index contributed by atoms with van der Waals surface area (Å²) in [6.07, 6.45) is 6.87. The molecule has 19 heavy (non-hydrogen) atoms. The molecule has 0 bridgehead atoms. The Morgan fingerprint density at radius 1 is 1.21 bits per heavy atom. The van der Waals surface area contributed by atoms with Crippen molar-refractivity contribution in [2.24, 2.45) is 5.92 Å². The number of benzene rings is 1. The highest BCUT2D eigenvalue weighted by Gasteiger charge is 2.18. The van der Waals surface area contributed by atoms with Gasteiger partial charge in [-0.15, -0.1) is 0 Å². The topological polar surface area (TPSA) is 27.0 Å². The van der Waals surface area contributed by atoms with Gasteiger partial charge in [0.2, 0.25) is 0 Å². The Kier molecular flexibility index (Phi) is 5.42. The quantitative estimate of drug-likeness (QED) is 0.770. The summed E-state index contributed by atoms with van der Waals surface area (Å²) in [5.74, 6) is 0.907. The summed E-state index contributed by atoms with van der Waals surface area (Å²) >= 11 is 0. The summed E-state index contributed by atoms with van der Waals surface area (Å²) in [5, 5.41) is 8.82. The lowest BCUT2D eigenvalue weighted by Crippen LogP contribution is -2.29. The third-order valence-electron chi connectivity index (χ3n) is 4.02. The van der Waals surface area contributed by atoms with Gasteiger partial charge in [-0.1, -0.05) is 31.9 Å². The van der Waals surface area contributed by atoms with Gasteiger partial charge in [-0.2, -0.15) is 5.26 Å². The van der Waals surface area contributed by atoms with Crippen molar-refractivity contribution in [1.82, 2.24) is 4.90 Å². The number of rotatable bonds is 6. The van der Waals surface area contributed by atoms with Gasteiger partial charge in [0.15, 0.2) is 0 Å². The van der Waals surface area contributed by atoms with E-state index in [4.69, 9.17) is 5.26 Å². The fraction of sp³-hybridized carbons (Fsp3) is 0.588. The first-order valence-corrected chi connectivity index (χ1v) is 7.53. The first-order chi connectivity index (χ1) is 9.31. The van der Waals surface area contributed by atoms with Crippen LogP contribution in [0.5, 0.6) is 0 Å². The van der Waals surface area contributed by atoms with Gasteiger partial charge in [0.25, 0.3) is 0 Å². The molecule has 2 heteroatoms. The van der Waals surface area contributed by atoms with Crippen molar-refractivity contribution in [3.05, 3.63) is 35.4 Å². The van der Waals surface area contributed by atoms with Crippen molar-refractivity contribution >= 4 is 0 Å². The molecule has 1 fully saturated rings. The van der Waals surface area contributed by atoms with E-state index in [0.29, 0.717) is 0 Å². The summed E-state index contributed by atoms with van der Waals surface area (Å²) < 4.78 is 0. The molecular formula is C17H24N2.